The first-order chi connectivity index (χ1) is 8.69. The van der Waals surface area contributed by atoms with Crippen molar-refractivity contribution in [1.29, 1.82) is 0 Å². The van der Waals surface area contributed by atoms with Crippen LogP contribution in [0.1, 0.15) is 43.7 Å². The van der Waals surface area contributed by atoms with Crippen molar-refractivity contribution in [2.24, 2.45) is 5.92 Å². The zero-order chi connectivity index (χ0) is 13.0. The van der Waals surface area contributed by atoms with Crippen LogP contribution in [0.4, 0.5) is 0 Å². The number of phenols is 1. The van der Waals surface area contributed by atoms with E-state index in [9.17, 15) is 5.11 Å². The first-order valence-corrected chi connectivity index (χ1v) is 7.20. The van der Waals surface area contributed by atoms with Gasteiger partial charge in [0.25, 0.3) is 0 Å². The summed E-state index contributed by atoms with van der Waals surface area (Å²) in [7, 11) is 0. The highest BCUT2D eigenvalue weighted by atomic mass is 16.3. The Hall–Kier alpha value is -1.02. The third kappa shape index (κ3) is 3.49. The minimum atomic E-state index is 0.441. The van der Waals surface area contributed by atoms with Gasteiger partial charge in [-0.1, -0.05) is 37.5 Å². The van der Waals surface area contributed by atoms with Crippen LogP contribution in [0, 0.1) is 12.8 Å². The molecular weight excluding hydrogens is 222 g/mol. The molecule has 1 saturated heterocycles. The van der Waals surface area contributed by atoms with Gasteiger partial charge in [0.1, 0.15) is 5.75 Å². The molecule has 1 fully saturated rings. The standard InChI is InChI=1S/C16H25NO/c1-3-4-14-7-9-17(10-8-14)12-15-11-13(2)5-6-16(15)18/h5-6,11,14,18H,3-4,7-10,12H2,1-2H3. The van der Waals surface area contributed by atoms with E-state index >= 15 is 0 Å². The highest BCUT2D eigenvalue weighted by Gasteiger charge is 2.19. The average Bonchev–Trinajstić information content (AvgIpc) is 2.37. The zero-order valence-corrected chi connectivity index (χ0v) is 11.7. The van der Waals surface area contributed by atoms with Crippen LogP contribution in [0.3, 0.4) is 0 Å². The van der Waals surface area contributed by atoms with Crippen LogP contribution < -0.4 is 0 Å². The van der Waals surface area contributed by atoms with E-state index in [-0.39, 0.29) is 0 Å². The number of hydrogen-bond acceptors (Lipinski definition) is 2. The van der Waals surface area contributed by atoms with E-state index in [4.69, 9.17) is 0 Å². The fourth-order valence-electron chi connectivity index (χ4n) is 2.92. The van der Waals surface area contributed by atoms with Crippen molar-refractivity contribution in [1.82, 2.24) is 4.90 Å². The van der Waals surface area contributed by atoms with Gasteiger partial charge in [-0.15, -0.1) is 0 Å². The summed E-state index contributed by atoms with van der Waals surface area (Å²) in [5.41, 5.74) is 2.30. The third-order valence-corrected chi connectivity index (χ3v) is 4.03. The van der Waals surface area contributed by atoms with Gasteiger partial charge in [-0.2, -0.15) is 0 Å². The van der Waals surface area contributed by atoms with E-state index in [0.29, 0.717) is 5.75 Å². The minimum Gasteiger partial charge on any atom is -0.508 e. The molecule has 100 valence electrons. The number of nitrogens with zero attached hydrogens (tertiary/aromatic N) is 1. The number of likely N-dealkylation sites (tertiary alicyclic amines) is 1. The molecular formula is C16H25NO. The van der Waals surface area contributed by atoms with Crippen LogP contribution in [-0.4, -0.2) is 23.1 Å². The normalized spacial score (nSPS) is 18.1. The second-order valence-corrected chi connectivity index (χ2v) is 5.64. The summed E-state index contributed by atoms with van der Waals surface area (Å²) in [6, 6.07) is 5.88. The molecule has 1 aliphatic rings. The summed E-state index contributed by atoms with van der Waals surface area (Å²) in [5.74, 6) is 1.37. The van der Waals surface area contributed by atoms with E-state index in [1.165, 1.54) is 44.3 Å². The Bertz CT molecular complexity index is 381. The molecule has 0 amide bonds. The molecule has 0 atom stereocenters. The lowest BCUT2D eigenvalue weighted by Gasteiger charge is -2.32. The van der Waals surface area contributed by atoms with Gasteiger partial charge >= 0.3 is 0 Å². The summed E-state index contributed by atoms with van der Waals surface area (Å²) in [6.45, 7) is 7.61. The molecule has 2 heteroatoms. The number of rotatable bonds is 4. The molecule has 1 N–H and O–H groups in total. The van der Waals surface area contributed by atoms with Crippen LogP contribution in [0.25, 0.3) is 0 Å². The quantitative estimate of drug-likeness (QED) is 0.876. The van der Waals surface area contributed by atoms with Crippen LogP contribution in [0.5, 0.6) is 5.75 Å². The predicted octanol–water partition coefficient (Wildman–Crippen LogP) is 3.71. The van der Waals surface area contributed by atoms with Crippen molar-refractivity contribution in [2.75, 3.05) is 13.1 Å². The Labute approximate surface area is 111 Å². The lowest BCUT2D eigenvalue weighted by Crippen LogP contribution is -2.33. The van der Waals surface area contributed by atoms with E-state index in [0.717, 1.165) is 18.0 Å². The largest absolute Gasteiger partial charge is 0.508 e. The molecule has 0 aliphatic carbocycles. The van der Waals surface area contributed by atoms with Gasteiger partial charge in [-0.3, -0.25) is 4.90 Å². The van der Waals surface area contributed by atoms with Gasteiger partial charge in [-0.05, 0) is 44.8 Å². The van der Waals surface area contributed by atoms with Crippen molar-refractivity contribution in [3.05, 3.63) is 29.3 Å². The van der Waals surface area contributed by atoms with E-state index < -0.39 is 0 Å². The number of hydrogen-bond donors (Lipinski definition) is 1. The molecule has 1 heterocycles. The average molecular weight is 247 g/mol. The fraction of sp³-hybridized carbons (Fsp3) is 0.625. The Morgan fingerprint density at radius 2 is 2.00 bits per heavy atom. The van der Waals surface area contributed by atoms with Gasteiger partial charge in [0.2, 0.25) is 0 Å². The van der Waals surface area contributed by atoms with Gasteiger partial charge < -0.3 is 5.11 Å². The lowest BCUT2D eigenvalue weighted by atomic mass is 9.92. The van der Waals surface area contributed by atoms with Crippen molar-refractivity contribution in [3.8, 4) is 5.75 Å². The molecule has 0 aromatic heterocycles. The number of aromatic hydroxyl groups is 1. The van der Waals surface area contributed by atoms with E-state index in [1.54, 1.807) is 0 Å². The lowest BCUT2D eigenvalue weighted by molar-refractivity contribution is 0.170. The first-order valence-electron chi connectivity index (χ1n) is 7.20. The molecule has 0 unspecified atom stereocenters. The molecule has 0 spiro atoms. The summed E-state index contributed by atoms with van der Waals surface area (Å²) >= 11 is 0. The molecule has 1 aromatic carbocycles. The molecule has 18 heavy (non-hydrogen) atoms. The molecule has 2 nitrogen and oxygen atoms in total. The fourth-order valence-corrected chi connectivity index (χ4v) is 2.92. The summed E-state index contributed by atoms with van der Waals surface area (Å²) in [5, 5.41) is 9.88. The second kappa shape index (κ2) is 6.24. The highest BCUT2D eigenvalue weighted by molar-refractivity contribution is 5.35. The summed E-state index contributed by atoms with van der Waals surface area (Å²) in [6.07, 6.45) is 5.33. The van der Waals surface area contributed by atoms with Crippen molar-refractivity contribution in [2.45, 2.75) is 46.1 Å². The summed E-state index contributed by atoms with van der Waals surface area (Å²) in [4.78, 5) is 2.47. The van der Waals surface area contributed by atoms with E-state index in [1.807, 2.05) is 12.1 Å². The minimum absolute atomic E-state index is 0.441. The van der Waals surface area contributed by atoms with E-state index in [2.05, 4.69) is 24.8 Å². The monoisotopic (exact) mass is 247 g/mol. The summed E-state index contributed by atoms with van der Waals surface area (Å²) < 4.78 is 0. The Balaban J connectivity index is 1.89. The molecule has 0 radical (unpaired) electrons. The van der Waals surface area contributed by atoms with Crippen molar-refractivity contribution >= 4 is 0 Å². The topological polar surface area (TPSA) is 23.5 Å². The predicted molar refractivity (Wildman–Crippen MR) is 75.8 cm³/mol. The second-order valence-electron chi connectivity index (χ2n) is 5.64. The third-order valence-electron chi connectivity index (χ3n) is 4.03. The first kappa shape index (κ1) is 13.4. The van der Waals surface area contributed by atoms with Crippen molar-refractivity contribution in [3.63, 3.8) is 0 Å². The van der Waals surface area contributed by atoms with Gasteiger partial charge in [0.05, 0.1) is 0 Å². The number of benzene rings is 1. The maximum absolute atomic E-state index is 9.88. The van der Waals surface area contributed by atoms with Crippen molar-refractivity contribution < 1.29 is 5.11 Å². The molecule has 1 aromatic rings. The highest BCUT2D eigenvalue weighted by Crippen LogP contribution is 2.25. The Kier molecular flexibility index (Phi) is 4.65. The number of phenolic OH excluding ortho intramolecular Hbond substituents is 1. The maximum Gasteiger partial charge on any atom is 0.120 e. The Morgan fingerprint density at radius 3 is 2.67 bits per heavy atom. The van der Waals surface area contributed by atoms with Gasteiger partial charge in [-0.25, -0.2) is 0 Å². The maximum atomic E-state index is 9.88. The zero-order valence-electron chi connectivity index (χ0n) is 11.7. The Morgan fingerprint density at radius 1 is 1.28 bits per heavy atom. The van der Waals surface area contributed by atoms with Gasteiger partial charge in [0, 0.05) is 12.1 Å². The van der Waals surface area contributed by atoms with Crippen LogP contribution in [-0.2, 0) is 6.54 Å². The smallest absolute Gasteiger partial charge is 0.120 e. The van der Waals surface area contributed by atoms with Gasteiger partial charge in [0.15, 0.2) is 0 Å². The molecule has 0 bridgehead atoms. The molecule has 2 rings (SSSR count). The molecule has 0 saturated carbocycles. The molecule has 1 aliphatic heterocycles. The van der Waals surface area contributed by atoms with Crippen LogP contribution in [0.2, 0.25) is 0 Å². The van der Waals surface area contributed by atoms with Crippen LogP contribution in [0.15, 0.2) is 18.2 Å². The van der Waals surface area contributed by atoms with Crippen LogP contribution >= 0.6 is 0 Å². The SMILES string of the molecule is CCCC1CCN(Cc2cc(C)ccc2O)CC1. The number of aryl methyl sites for hydroxylation is 1. The number of piperidine rings is 1.